The second-order valence-electron chi connectivity index (χ2n) is 8.43. The third-order valence-electron chi connectivity index (χ3n) is 5.77. The van der Waals surface area contributed by atoms with Crippen LogP contribution in [0.4, 0.5) is 0 Å². The average Bonchev–Trinajstić information content (AvgIpc) is 2.80. The van der Waals surface area contributed by atoms with E-state index in [2.05, 4.69) is 5.32 Å². The minimum absolute atomic E-state index is 0.0524. The van der Waals surface area contributed by atoms with Gasteiger partial charge in [0.2, 0.25) is 21.8 Å². The Morgan fingerprint density at radius 1 is 1.03 bits per heavy atom. The van der Waals surface area contributed by atoms with E-state index < -0.39 is 28.5 Å². The van der Waals surface area contributed by atoms with Gasteiger partial charge in [-0.15, -0.1) is 0 Å². The Kier molecular flexibility index (Phi) is 10.1. The van der Waals surface area contributed by atoms with Gasteiger partial charge < -0.3 is 10.2 Å². The van der Waals surface area contributed by atoms with Crippen molar-refractivity contribution >= 4 is 33.4 Å². The number of aryl methyl sites for hydroxylation is 1. The molecule has 2 atom stereocenters. The highest BCUT2D eigenvalue weighted by atomic mass is 35.5. The topological polar surface area (TPSA) is 86.8 Å². The normalized spacial score (nSPS) is 13.4. The smallest absolute Gasteiger partial charge is 0.243 e. The van der Waals surface area contributed by atoms with E-state index in [1.165, 1.54) is 24.1 Å². The lowest BCUT2D eigenvalue weighted by molar-refractivity contribution is -0.141. The van der Waals surface area contributed by atoms with Crippen LogP contribution in [0.25, 0.3) is 0 Å². The lowest BCUT2D eigenvalue weighted by atomic mass is 10.1. The highest BCUT2D eigenvalue weighted by molar-refractivity contribution is 7.89. The number of hydrogen-bond donors (Lipinski definition) is 1. The van der Waals surface area contributed by atoms with Crippen molar-refractivity contribution in [2.45, 2.75) is 64.1 Å². The number of hydrogen-bond acceptors (Lipinski definition) is 4. The molecule has 0 aliphatic heterocycles. The number of carbonyl (C=O) groups is 2. The predicted molar refractivity (Wildman–Crippen MR) is 135 cm³/mol. The maximum atomic E-state index is 13.5. The van der Waals surface area contributed by atoms with Crippen LogP contribution in [0.3, 0.4) is 0 Å². The van der Waals surface area contributed by atoms with E-state index in [4.69, 9.17) is 11.6 Å². The van der Waals surface area contributed by atoms with Crippen molar-refractivity contribution in [3.05, 3.63) is 64.7 Å². The van der Waals surface area contributed by atoms with Crippen LogP contribution < -0.4 is 5.32 Å². The summed E-state index contributed by atoms with van der Waals surface area (Å²) in [6.07, 6.45) is 1.12. The highest BCUT2D eigenvalue weighted by Crippen LogP contribution is 2.21. The van der Waals surface area contributed by atoms with Gasteiger partial charge in [-0.2, -0.15) is 4.31 Å². The van der Waals surface area contributed by atoms with Gasteiger partial charge in [0, 0.05) is 24.7 Å². The van der Waals surface area contributed by atoms with Crippen LogP contribution in [-0.4, -0.2) is 55.1 Å². The molecule has 34 heavy (non-hydrogen) atoms. The standard InChI is InChI=1S/C25H34ClN3O4S/c1-6-19(4)27-25(31)23(7-2)29(16-20-10-8-9-11-22(20)26)24(30)17-28(5)34(32,33)21-14-12-18(3)13-15-21/h8-15,19,23H,6-7,16-17H2,1-5H3,(H,27,31). The van der Waals surface area contributed by atoms with E-state index in [-0.39, 0.29) is 23.4 Å². The van der Waals surface area contributed by atoms with Crippen LogP contribution in [0.2, 0.25) is 5.02 Å². The van der Waals surface area contributed by atoms with Gasteiger partial charge in [0.25, 0.3) is 0 Å². The lowest BCUT2D eigenvalue weighted by Gasteiger charge is -2.32. The van der Waals surface area contributed by atoms with Crippen molar-refractivity contribution in [2.75, 3.05) is 13.6 Å². The van der Waals surface area contributed by atoms with Gasteiger partial charge in [0.15, 0.2) is 0 Å². The maximum absolute atomic E-state index is 13.5. The number of rotatable bonds is 11. The van der Waals surface area contributed by atoms with E-state index in [0.29, 0.717) is 17.0 Å². The quantitative estimate of drug-likeness (QED) is 0.498. The van der Waals surface area contributed by atoms with Gasteiger partial charge in [0.05, 0.1) is 11.4 Å². The molecule has 186 valence electrons. The Morgan fingerprint density at radius 3 is 2.21 bits per heavy atom. The molecule has 0 aromatic heterocycles. The molecule has 2 aromatic rings. The van der Waals surface area contributed by atoms with Crippen LogP contribution in [-0.2, 0) is 26.2 Å². The van der Waals surface area contributed by atoms with Crippen LogP contribution >= 0.6 is 11.6 Å². The second-order valence-corrected chi connectivity index (χ2v) is 10.9. The fraction of sp³-hybridized carbons (Fsp3) is 0.440. The SMILES string of the molecule is CCC(C)NC(=O)C(CC)N(Cc1ccccc1Cl)C(=O)CN(C)S(=O)(=O)c1ccc(C)cc1. The Morgan fingerprint density at radius 2 is 1.65 bits per heavy atom. The maximum Gasteiger partial charge on any atom is 0.243 e. The molecule has 7 nitrogen and oxygen atoms in total. The molecule has 2 amide bonds. The number of sulfonamides is 1. The van der Waals surface area contributed by atoms with Crippen LogP contribution in [0.5, 0.6) is 0 Å². The number of nitrogens with zero attached hydrogens (tertiary/aromatic N) is 2. The largest absolute Gasteiger partial charge is 0.352 e. The summed E-state index contributed by atoms with van der Waals surface area (Å²) in [4.78, 5) is 28.0. The predicted octanol–water partition coefficient (Wildman–Crippen LogP) is 3.99. The molecular weight excluding hydrogens is 474 g/mol. The monoisotopic (exact) mass is 507 g/mol. The van der Waals surface area contributed by atoms with Crippen LogP contribution in [0.1, 0.15) is 44.7 Å². The number of amides is 2. The van der Waals surface area contributed by atoms with Crippen molar-refractivity contribution in [2.24, 2.45) is 0 Å². The van der Waals surface area contributed by atoms with Crippen molar-refractivity contribution in [3.63, 3.8) is 0 Å². The summed E-state index contributed by atoms with van der Waals surface area (Å²) in [7, 11) is -2.52. The zero-order valence-electron chi connectivity index (χ0n) is 20.4. The highest BCUT2D eigenvalue weighted by Gasteiger charge is 2.32. The summed E-state index contributed by atoms with van der Waals surface area (Å²) in [5, 5.41) is 3.40. The molecule has 2 unspecified atom stereocenters. The minimum Gasteiger partial charge on any atom is -0.352 e. The number of likely N-dealkylation sites (N-methyl/N-ethyl adjacent to an activating group) is 1. The van der Waals surface area contributed by atoms with E-state index >= 15 is 0 Å². The first kappa shape index (κ1) is 27.8. The molecular formula is C25H34ClN3O4S. The van der Waals surface area contributed by atoms with E-state index in [1.807, 2.05) is 27.7 Å². The van der Waals surface area contributed by atoms with Gasteiger partial charge in [-0.3, -0.25) is 9.59 Å². The zero-order valence-corrected chi connectivity index (χ0v) is 22.0. The van der Waals surface area contributed by atoms with Gasteiger partial charge >= 0.3 is 0 Å². The molecule has 0 fully saturated rings. The fourth-order valence-corrected chi connectivity index (χ4v) is 4.74. The van der Waals surface area contributed by atoms with Crippen molar-refractivity contribution in [3.8, 4) is 0 Å². The summed E-state index contributed by atoms with van der Waals surface area (Å²) in [5.41, 5.74) is 1.61. The molecule has 0 bridgehead atoms. The van der Waals surface area contributed by atoms with Crippen molar-refractivity contribution in [1.82, 2.24) is 14.5 Å². The van der Waals surface area contributed by atoms with E-state index in [1.54, 1.807) is 36.4 Å². The van der Waals surface area contributed by atoms with Gasteiger partial charge in [-0.25, -0.2) is 8.42 Å². The van der Waals surface area contributed by atoms with E-state index in [9.17, 15) is 18.0 Å². The zero-order chi connectivity index (χ0) is 25.5. The molecule has 0 aliphatic carbocycles. The minimum atomic E-state index is -3.88. The fourth-order valence-electron chi connectivity index (χ4n) is 3.43. The molecule has 0 aliphatic rings. The number of carbonyl (C=O) groups excluding carboxylic acids is 2. The van der Waals surface area contributed by atoms with E-state index in [0.717, 1.165) is 16.3 Å². The van der Waals surface area contributed by atoms with Crippen molar-refractivity contribution < 1.29 is 18.0 Å². The summed E-state index contributed by atoms with van der Waals surface area (Å²) in [5.74, 6) is -0.759. The average molecular weight is 508 g/mol. The molecule has 2 aromatic carbocycles. The molecule has 0 saturated carbocycles. The first-order chi connectivity index (χ1) is 16.0. The summed E-state index contributed by atoms with van der Waals surface area (Å²) in [6.45, 7) is 7.22. The molecule has 0 saturated heterocycles. The number of benzene rings is 2. The molecule has 2 rings (SSSR count). The molecule has 9 heteroatoms. The first-order valence-electron chi connectivity index (χ1n) is 11.4. The summed E-state index contributed by atoms with van der Waals surface area (Å²) in [6, 6.07) is 12.7. The molecule has 0 radical (unpaired) electrons. The lowest BCUT2D eigenvalue weighted by Crippen LogP contribution is -2.53. The number of nitrogens with one attached hydrogen (secondary N) is 1. The summed E-state index contributed by atoms with van der Waals surface area (Å²) < 4.78 is 27.1. The first-order valence-corrected chi connectivity index (χ1v) is 13.2. The van der Waals surface area contributed by atoms with Crippen LogP contribution in [0, 0.1) is 6.92 Å². The third-order valence-corrected chi connectivity index (χ3v) is 7.96. The Balaban J connectivity index is 2.34. The van der Waals surface area contributed by atoms with Gasteiger partial charge in [-0.05, 0) is 50.5 Å². The Hall–Kier alpha value is -2.42. The van der Waals surface area contributed by atoms with Gasteiger partial charge in [0.1, 0.15) is 6.04 Å². The van der Waals surface area contributed by atoms with Crippen LogP contribution in [0.15, 0.2) is 53.4 Å². The van der Waals surface area contributed by atoms with Crippen molar-refractivity contribution in [1.29, 1.82) is 0 Å². The number of halogens is 1. The molecule has 0 heterocycles. The third kappa shape index (κ3) is 7.04. The molecule has 1 N–H and O–H groups in total. The molecule has 0 spiro atoms. The Bertz CT molecular complexity index is 1090. The van der Waals surface area contributed by atoms with Gasteiger partial charge in [-0.1, -0.05) is 61.3 Å². The second kappa shape index (κ2) is 12.3. The Labute approximate surface area is 208 Å². The summed E-state index contributed by atoms with van der Waals surface area (Å²) >= 11 is 6.33.